The lowest BCUT2D eigenvalue weighted by atomic mass is 9.87. The Morgan fingerprint density at radius 1 is 1.27 bits per heavy atom. The average Bonchev–Trinajstić information content (AvgIpc) is 2.79. The summed E-state index contributed by atoms with van der Waals surface area (Å²) in [5, 5.41) is 2.88. The Bertz CT molecular complexity index is 622. The van der Waals surface area contributed by atoms with Crippen LogP contribution in [0.25, 0.3) is 0 Å². The summed E-state index contributed by atoms with van der Waals surface area (Å²) in [5.74, 6) is 0.733. The van der Waals surface area contributed by atoms with Gasteiger partial charge in [0.25, 0.3) is 5.91 Å². The van der Waals surface area contributed by atoms with Crippen molar-refractivity contribution in [2.75, 3.05) is 19.6 Å². The second-order valence-corrected chi connectivity index (χ2v) is 8.02. The van der Waals surface area contributed by atoms with Crippen molar-refractivity contribution in [2.24, 2.45) is 0 Å². The van der Waals surface area contributed by atoms with E-state index in [0.717, 1.165) is 25.8 Å². The van der Waals surface area contributed by atoms with Crippen molar-refractivity contribution in [3.05, 3.63) is 29.8 Å². The van der Waals surface area contributed by atoms with Crippen molar-refractivity contribution >= 4 is 11.8 Å². The SMILES string of the molecule is CC(Oc1cccc(C(C)(C)C)c1)C(=O)NCCN1CCCCCC1=O. The molecule has 0 aromatic heterocycles. The first-order chi connectivity index (χ1) is 12.3. The molecule has 0 radical (unpaired) electrons. The molecule has 1 heterocycles. The number of likely N-dealkylation sites (tertiary alicyclic amines) is 1. The Kier molecular flexibility index (Phi) is 7.06. The van der Waals surface area contributed by atoms with E-state index in [1.54, 1.807) is 6.92 Å². The minimum absolute atomic E-state index is 0.0323. The zero-order valence-corrected chi connectivity index (χ0v) is 16.5. The molecule has 1 aliphatic rings. The summed E-state index contributed by atoms with van der Waals surface area (Å²) in [6.07, 6.45) is 3.17. The Hall–Kier alpha value is -2.04. The molecule has 1 atom stereocenters. The molecule has 1 aromatic rings. The van der Waals surface area contributed by atoms with Crippen LogP contribution in [0, 0.1) is 0 Å². The van der Waals surface area contributed by atoms with E-state index in [-0.39, 0.29) is 17.2 Å². The highest BCUT2D eigenvalue weighted by molar-refractivity contribution is 5.81. The molecule has 0 bridgehead atoms. The number of ether oxygens (including phenoxy) is 1. The monoisotopic (exact) mass is 360 g/mol. The summed E-state index contributed by atoms with van der Waals surface area (Å²) < 4.78 is 5.80. The van der Waals surface area contributed by atoms with E-state index in [0.29, 0.717) is 25.3 Å². The maximum Gasteiger partial charge on any atom is 0.260 e. The van der Waals surface area contributed by atoms with Crippen LogP contribution in [0.1, 0.15) is 58.9 Å². The molecule has 0 aliphatic carbocycles. The van der Waals surface area contributed by atoms with E-state index in [1.807, 2.05) is 23.1 Å². The fourth-order valence-corrected chi connectivity index (χ4v) is 3.03. The normalized spacial score (nSPS) is 16.8. The van der Waals surface area contributed by atoms with Crippen molar-refractivity contribution < 1.29 is 14.3 Å². The number of hydrogen-bond donors (Lipinski definition) is 1. The molecule has 2 rings (SSSR count). The molecule has 1 aromatic carbocycles. The zero-order valence-electron chi connectivity index (χ0n) is 16.5. The van der Waals surface area contributed by atoms with Crippen molar-refractivity contribution in [1.82, 2.24) is 10.2 Å². The maximum atomic E-state index is 12.3. The van der Waals surface area contributed by atoms with Crippen molar-refractivity contribution in [3.8, 4) is 5.75 Å². The topological polar surface area (TPSA) is 58.6 Å². The number of carbonyl (C=O) groups excluding carboxylic acids is 2. The molecule has 5 heteroatoms. The lowest BCUT2D eigenvalue weighted by molar-refractivity contribution is -0.132. The molecule has 5 nitrogen and oxygen atoms in total. The number of carbonyl (C=O) groups is 2. The summed E-state index contributed by atoms with van der Waals surface area (Å²) >= 11 is 0. The molecular formula is C21H32N2O3. The Balaban J connectivity index is 1.81. The number of rotatable bonds is 6. The number of benzene rings is 1. The van der Waals surface area contributed by atoms with Crippen LogP contribution in [0.2, 0.25) is 0 Å². The fraction of sp³-hybridized carbons (Fsp3) is 0.619. The first-order valence-corrected chi connectivity index (χ1v) is 9.60. The first-order valence-electron chi connectivity index (χ1n) is 9.60. The van der Waals surface area contributed by atoms with Gasteiger partial charge >= 0.3 is 0 Å². The van der Waals surface area contributed by atoms with Crippen LogP contribution < -0.4 is 10.1 Å². The van der Waals surface area contributed by atoms with Crippen LogP contribution in [0.3, 0.4) is 0 Å². The van der Waals surface area contributed by atoms with Gasteiger partial charge in [-0.05, 0) is 42.9 Å². The molecule has 0 spiro atoms. The average molecular weight is 360 g/mol. The third-order valence-corrected chi connectivity index (χ3v) is 4.73. The molecule has 1 saturated heterocycles. The number of nitrogens with zero attached hydrogens (tertiary/aromatic N) is 1. The number of hydrogen-bond acceptors (Lipinski definition) is 3. The molecule has 1 N–H and O–H groups in total. The van der Waals surface area contributed by atoms with Gasteiger partial charge < -0.3 is 15.0 Å². The van der Waals surface area contributed by atoms with Crippen LogP contribution in [0.5, 0.6) is 5.75 Å². The standard InChI is InChI=1S/C21H32N2O3/c1-16(26-18-10-8-9-17(15-18)21(2,3)4)20(25)22-12-14-23-13-7-5-6-11-19(23)24/h8-10,15-16H,5-7,11-14H2,1-4H3,(H,22,25). The Morgan fingerprint density at radius 2 is 2.04 bits per heavy atom. The van der Waals surface area contributed by atoms with Gasteiger partial charge in [-0.15, -0.1) is 0 Å². The number of amides is 2. The van der Waals surface area contributed by atoms with E-state index in [9.17, 15) is 9.59 Å². The molecule has 144 valence electrons. The summed E-state index contributed by atoms with van der Waals surface area (Å²) in [6, 6.07) is 7.87. The third-order valence-electron chi connectivity index (χ3n) is 4.73. The van der Waals surface area contributed by atoms with Crippen LogP contribution in [-0.4, -0.2) is 42.5 Å². The first kappa shape index (κ1) is 20.3. The van der Waals surface area contributed by atoms with Gasteiger partial charge in [-0.25, -0.2) is 0 Å². The van der Waals surface area contributed by atoms with Gasteiger partial charge in [0.15, 0.2) is 6.10 Å². The predicted octanol–water partition coefficient (Wildman–Crippen LogP) is 3.27. The largest absolute Gasteiger partial charge is 0.481 e. The van der Waals surface area contributed by atoms with Gasteiger partial charge in [0, 0.05) is 26.1 Å². The Labute approximate surface area is 157 Å². The van der Waals surface area contributed by atoms with Gasteiger partial charge in [0.05, 0.1) is 0 Å². The predicted molar refractivity (Wildman–Crippen MR) is 103 cm³/mol. The molecule has 26 heavy (non-hydrogen) atoms. The lowest BCUT2D eigenvalue weighted by Crippen LogP contribution is -2.42. The quantitative estimate of drug-likeness (QED) is 0.847. The van der Waals surface area contributed by atoms with Gasteiger partial charge in [0.2, 0.25) is 5.91 Å². The molecule has 1 unspecified atom stereocenters. The van der Waals surface area contributed by atoms with Gasteiger partial charge in [-0.1, -0.05) is 39.3 Å². The fourth-order valence-electron chi connectivity index (χ4n) is 3.03. The second kappa shape index (κ2) is 9.06. The van der Waals surface area contributed by atoms with Crippen molar-refractivity contribution in [3.63, 3.8) is 0 Å². The minimum Gasteiger partial charge on any atom is -0.481 e. The second-order valence-electron chi connectivity index (χ2n) is 8.02. The summed E-state index contributed by atoms with van der Waals surface area (Å²) in [6.45, 7) is 10.00. The molecule has 1 fully saturated rings. The van der Waals surface area contributed by atoms with Gasteiger partial charge in [0.1, 0.15) is 5.75 Å². The van der Waals surface area contributed by atoms with E-state index in [2.05, 4.69) is 32.2 Å². The highest BCUT2D eigenvalue weighted by Gasteiger charge is 2.19. The third kappa shape index (κ3) is 6.04. The number of nitrogens with one attached hydrogen (secondary N) is 1. The smallest absolute Gasteiger partial charge is 0.260 e. The van der Waals surface area contributed by atoms with Crippen molar-refractivity contribution in [2.45, 2.75) is 64.9 Å². The highest BCUT2D eigenvalue weighted by Crippen LogP contribution is 2.26. The highest BCUT2D eigenvalue weighted by atomic mass is 16.5. The summed E-state index contributed by atoms with van der Waals surface area (Å²) in [4.78, 5) is 26.1. The zero-order chi connectivity index (χ0) is 19.2. The minimum atomic E-state index is -0.579. The van der Waals surface area contributed by atoms with E-state index in [4.69, 9.17) is 4.74 Å². The van der Waals surface area contributed by atoms with Gasteiger partial charge in [-0.2, -0.15) is 0 Å². The van der Waals surface area contributed by atoms with E-state index < -0.39 is 6.10 Å². The molecule has 1 aliphatic heterocycles. The van der Waals surface area contributed by atoms with Crippen LogP contribution in [-0.2, 0) is 15.0 Å². The van der Waals surface area contributed by atoms with Crippen molar-refractivity contribution in [1.29, 1.82) is 0 Å². The van der Waals surface area contributed by atoms with Gasteiger partial charge in [-0.3, -0.25) is 9.59 Å². The molecular weight excluding hydrogens is 328 g/mol. The van der Waals surface area contributed by atoms with E-state index >= 15 is 0 Å². The molecule has 0 saturated carbocycles. The van der Waals surface area contributed by atoms with E-state index in [1.165, 1.54) is 5.56 Å². The Morgan fingerprint density at radius 3 is 2.77 bits per heavy atom. The summed E-state index contributed by atoms with van der Waals surface area (Å²) in [7, 11) is 0. The van der Waals surface area contributed by atoms with Crippen LogP contribution in [0.4, 0.5) is 0 Å². The maximum absolute atomic E-state index is 12.3. The lowest BCUT2D eigenvalue weighted by Gasteiger charge is -2.22. The van der Waals surface area contributed by atoms with Crippen LogP contribution >= 0.6 is 0 Å². The molecule has 2 amide bonds. The summed E-state index contributed by atoms with van der Waals surface area (Å²) in [5.41, 5.74) is 1.20. The van der Waals surface area contributed by atoms with Crippen LogP contribution in [0.15, 0.2) is 24.3 Å².